The number of hydrogen-bond acceptors (Lipinski definition) is 6. The summed E-state index contributed by atoms with van der Waals surface area (Å²) in [6.07, 6.45) is 6.38. The van der Waals surface area contributed by atoms with Crippen molar-refractivity contribution in [3.63, 3.8) is 0 Å². The number of aryl methyl sites for hydroxylation is 1. The third-order valence-electron chi connectivity index (χ3n) is 6.31. The number of amides is 1. The van der Waals surface area contributed by atoms with Gasteiger partial charge in [-0.05, 0) is 49.1 Å². The van der Waals surface area contributed by atoms with Crippen LogP contribution in [0.1, 0.15) is 37.7 Å². The van der Waals surface area contributed by atoms with Gasteiger partial charge in [0.25, 0.3) is 0 Å². The van der Waals surface area contributed by atoms with E-state index in [-0.39, 0.29) is 5.91 Å². The summed E-state index contributed by atoms with van der Waals surface area (Å²) in [6.45, 7) is 5.21. The number of nitrogens with zero attached hydrogens (tertiary/aromatic N) is 5. The number of hydrogen-bond donors (Lipinski definition) is 0. The van der Waals surface area contributed by atoms with Gasteiger partial charge in [0.15, 0.2) is 11.6 Å². The Balaban J connectivity index is 1.24. The van der Waals surface area contributed by atoms with Gasteiger partial charge in [0.2, 0.25) is 5.91 Å². The van der Waals surface area contributed by atoms with Crippen molar-refractivity contribution in [2.45, 2.75) is 38.5 Å². The summed E-state index contributed by atoms with van der Waals surface area (Å²) in [7, 11) is 1.66. The van der Waals surface area contributed by atoms with Crippen LogP contribution in [-0.2, 0) is 11.2 Å². The summed E-state index contributed by atoms with van der Waals surface area (Å²) < 4.78 is 5.19. The van der Waals surface area contributed by atoms with Gasteiger partial charge in [-0.25, -0.2) is 0 Å². The zero-order valence-electron chi connectivity index (χ0n) is 18.5. The minimum Gasteiger partial charge on any atom is -0.497 e. The third kappa shape index (κ3) is 5.66. The second-order valence-electron chi connectivity index (χ2n) is 8.37. The van der Waals surface area contributed by atoms with Crippen LogP contribution in [0.2, 0.25) is 0 Å². The van der Waals surface area contributed by atoms with Gasteiger partial charge in [0.1, 0.15) is 5.75 Å². The van der Waals surface area contributed by atoms with Crippen LogP contribution < -0.4 is 14.5 Å². The van der Waals surface area contributed by atoms with Gasteiger partial charge >= 0.3 is 0 Å². The van der Waals surface area contributed by atoms with Crippen LogP contribution in [0.3, 0.4) is 0 Å². The molecule has 0 atom stereocenters. The minimum atomic E-state index is 0.220. The standard InChI is InChI=1S/C24H33N5O2/c1-31-21-9-6-20(7-10-21)8-13-24(30)29-18-16-28(17-19-29)23-12-11-22(25-26-23)27-14-4-2-3-5-15-27/h6-7,9-12H,2-5,8,13-19H2,1H3. The van der Waals surface area contributed by atoms with Gasteiger partial charge in [-0.3, -0.25) is 4.79 Å². The molecule has 166 valence electrons. The maximum atomic E-state index is 12.6. The van der Waals surface area contributed by atoms with E-state index in [2.05, 4.69) is 32.1 Å². The van der Waals surface area contributed by atoms with Gasteiger partial charge in [-0.15, -0.1) is 10.2 Å². The van der Waals surface area contributed by atoms with Gasteiger partial charge in [-0.1, -0.05) is 25.0 Å². The first kappa shape index (κ1) is 21.4. The normalized spacial score (nSPS) is 17.4. The predicted octanol–water partition coefficient (Wildman–Crippen LogP) is 3.15. The molecule has 0 radical (unpaired) electrons. The van der Waals surface area contributed by atoms with E-state index in [1.54, 1.807) is 7.11 Å². The van der Waals surface area contributed by atoms with Crippen LogP contribution in [0.4, 0.5) is 11.6 Å². The van der Waals surface area contributed by atoms with E-state index in [1.165, 1.54) is 25.7 Å². The molecule has 31 heavy (non-hydrogen) atoms. The molecule has 2 aromatic rings. The summed E-state index contributed by atoms with van der Waals surface area (Å²) in [5.41, 5.74) is 1.16. The summed E-state index contributed by atoms with van der Waals surface area (Å²) in [5, 5.41) is 8.98. The summed E-state index contributed by atoms with van der Waals surface area (Å²) in [5.74, 6) is 2.95. The molecule has 2 saturated heterocycles. The van der Waals surface area contributed by atoms with E-state index >= 15 is 0 Å². The molecule has 2 aliphatic heterocycles. The molecule has 3 heterocycles. The SMILES string of the molecule is COc1ccc(CCC(=O)N2CCN(c3ccc(N4CCCCCC4)nn3)CC2)cc1. The van der Waals surface area contributed by atoms with Crippen LogP contribution >= 0.6 is 0 Å². The molecular weight excluding hydrogens is 390 g/mol. The minimum absolute atomic E-state index is 0.220. The topological polar surface area (TPSA) is 61.8 Å². The first-order valence-electron chi connectivity index (χ1n) is 11.5. The summed E-state index contributed by atoms with van der Waals surface area (Å²) >= 11 is 0. The molecule has 0 bridgehead atoms. The highest BCUT2D eigenvalue weighted by Gasteiger charge is 2.22. The number of carbonyl (C=O) groups excluding carboxylic acids is 1. The molecular formula is C24H33N5O2. The number of aromatic nitrogens is 2. The van der Waals surface area contributed by atoms with E-state index < -0.39 is 0 Å². The molecule has 1 amide bonds. The zero-order valence-corrected chi connectivity index (χ0v) is 18.5. The molecule has 0 aliphatic carbocycles. The lowest BCUT2D eigenvalue weighted by atomic mass is 10.1. The molecule has 0 spiro atoms. The van der Waals surface area contributed by atoms with E-state index in [0.717, 1.165) is 68.6 Å². The fourth-order valence-electron chi connectivity index (χ4n) is 4.34. The predicted molar refractivity (Wildman–Crippen MR) is 123 cm³/mol. The average Bonchev–Trinajstić information content (AvgIpc) is 3.13. The molecule has 0 saturated carbocycles. The van der Waals surface area contributed by atoms with Crippen LogP contribution in [0, 0.1) is 0 Å². The van der Waals surface area contributed by atoms with E-state index in [0.29, 0.717) is 6.42 Å². The lowest BCUT2D eigenvalue weighted by Crippen LogP contribution is -2.49. The quantitative estimate of drug-likeness (QED) is 0.711. The maximum absolute atomic E-state index is 12.6. The monoisotopic (exact) mass is 423 g/mol. The number of benzene rings is 1. The van der Waals surface area contributed by atoms with Gasteiger partial charge in [0, 0.05) is 45.7 Å². The molecule has 1 aromatic carbocycles. The third-order valence-corrected chi connectivity index (χ3v) is 6.31. The Hall–Kier alpha value is -2.83. The molecule has 2 aliphatic rings. The van der Waals surface area contributed by atoms with Crippen LogP contribution in [0.5, 0.6) is 5.75 Å². The highest BCUT2D eigenvalue weighted by molar-refractivity contribution is 5.76. The maximum Gasteiger partial charge on any atom is 0.223 e. The Morgan fingerprint density at radius 2 is 1.39 bits per heavy atom. The Morgan fingerprint density at radius 1 is 0.806 bits per heavy atom. The zero-order chi connectivity index (χ0) is 21.5. The van der Waals surface area contributed by atoms with Crippen molar-refractivity contribution in [1.29, 1.82) is 0 Å². The van der Waals surface area contributed by atoms with Crippen molar-refractivity contribution < 1.29 is 9.53 Å². The number of methoxy groups -OCH3 is 1. The first-order valence-corrected chi connectivity index (χ1v) is 11.5. The smallest absolute Gasteiger partial charge is 0.223 e. The summed E-state index contributed by atoms with van der Waals surface area (Å²) in [4.78, 5) is 19.2. The fourth-order valence-corrected chi connectivity index (χ4v) is 4.34. The highest BCUT2D eigenvalue weighted by Crippen LogP contribution is 2.20. The Bertz CT molecular complexity index is 824. The largest absolute Gasteiger partial charge is 0.497 e. The molecule has 0 N–H and O–H groups in total. The van der Waals surface area contributed by atoms with Crippen molar-refractivity contribution in [3.8, 4) is 5.75 Å². The van der Waals surface area contributed by atoms with Gasteiger partial charge in [-0.2, -0.15) is 0 Å². The Labute approximate surface area is 185 Å². The van der Waals surface area contributed by atoms with E-state index in [9.17, 15) is 4.79 Å². The molecule has 2 fully saturated rings. The van der Waals surface area contributed by atoms with E-state index in [1.807, 2.05) is 29.2 Å². The van der Waals surface area contributed by atoms with Gasteiger partial charge in [0.05, 0.1) is 7.11 Å². The number of rotatable bonds is 6. The summed E-state index contributed by atoms with van der Waals surface area (Å²) in [6, 6.07) is 12.1. The number of piperazine rings is 1. The Morgan fingerprint density at radius 3 is 1.94 bits per heavy atom. The highest BCUT2D eigenvalue weighted by atomic mass is 16.5. The number of ether oxygens (including phenoxy) is 1. The lowest BCUT2D eigenvalue weighted by molar-refractivity contribution is -0.131. The van der Waals surface area contributed by atoms with Crippen molar-refractivity contribution >= 4 is 17.5 Å². The van der Waals surface area contributed by atoms with Crippen molar-refractivity contribution in [2.24, 2.45) is 0 Å². The Kier molecular flexibility index (Phi) is 7.22. The molecule has 7 heteroatoms. The fraction of sp³-hybridized carbons (Fsp3) is 0.542. The van der Waals surface area contributed by atoms with Crippen LogP contribution in [0.25, 0.3) is 0 Å². The lowest BCUT2D eigenvalue weighted by Gasteiger charge is -2.35. The van der Waals surface area contributed by atoms with Crippen LogP contribution in [0.15, 0.2) is 36.4 Å². The molecule has 7 nitrogen and oxygen atoms in total. The molecule has 0 unspecified atom stereocenters. The van der Waals surface area contributed by atoms with Crippen molar-refractivity contribution in [3.05, 3.63) is 42.0 Å². The van der Waals surface area contributed by atoms with Crippen molar-refractivity contribution in [1.82, 2.24) is 15.1 Å². The van der Waals surface area contributed by atoms with Gasteiger partial charge < -0.3 is 19.4 Å². The van der Waals surface area contributed by atoms with Crippen LogP contribution in [-0.4, -0.2) is 67.4 Å². The first-order chi connectivity index (χ1) is 15.2. The number of carbonyl (C=O) groups is 1. The number of anilines is 2. The second-order valence-corrected chi connectivity index (χ2v) is 8.37. The van der Waals surface area contributed by atoms with E-state index in [4.69, 9.17) is 4.74 Å². The molecule has 4 rings (SSSR count). The second kappa shape index (κ2) is 10.5. The van der Waals surface area contributed by atoms with Crippen molar-refractivity contribution in [2.75, 3.05) is 56.2 Å². The molecule has 1 aromatic heterocycles. The average molecular weight is 424 g/mol.